The number of nitrogens with zero attached hydrogens (tertiary/aromatic N) is 3. The number of hydrogen-bond donors (Lipinski definition) is 1. The molecule has 1 aliphatic heterocycles. The van der Waals surface area contributed by atoms with Crippen LogP contribution in [0, 0.1) is 0 Å². The second-order valence-corrected chi connectivity index (χ2v) is 11.3. The maximum Gasteiger partial charge on any atom is 0.261 e. The fourth-order valence-corrected chi connectivity index (χ4v) is 6.51. The van der Waals surface area contributed by atoms with Gasteiger partial charge in [0, 0.05) is 23.0 Å². The molecule has 1 aromatic heterocycles. The van der Waals surface area contributed by atoms with Crippen molar-refractivity contribution in [3.05, 3.63) is 77.9 Å². The summed E-state index contributed by atoms with van der Waals surface area (Å²) in [6.45, 7) is 3.00. The number of sulfonamides is 1. The molecule has 6 rings (SSSR count). The van der Waals surface area contributed by atoms with Gasteiger partial charge in [-0.3, -0.25) is 4.72 Å². The predicted molar refractivity (Wildman–Crippen MR) is 126 cm³/mol. The number of aromatic nitrogens is 3. The van der Waals surface area contributed by atoms with Crippen molar-refractivity contribution in [2.75, 3.05) is 4.72 Å². The summed E-state index contributed by atoms with van der Waals surface area (Å²) in [7, 11) is -3.73. The highest BCUT2D eigenvalue weighted by Gasteiger charge is 2.25. The first kappa shape index (κ1) is 19.6. The third kappa shape index (κ3) is 3.22. The second kappa shape index (κ2) is 7.21. The van der Waals surface area contributed by atoms with Crippen molar-refractivity contribution in [1.29, 1.82) is 0 Å². The van der Waals surface area contributed by atoms with Gasteiger partial charge < -0.3 is 4.57 Å². The van der Waals surface area contributed by atoms with Crippen LogP contribution in [0.5, 0.6) is 0 Å². The van der Waals surface area contributed by atoms with Crippen molar-refractivity contribution in [3.8, 4) is 22.5 Å². The van der Waals surface area contributed by atoms with E-state index in [4.69, 9.17) is 0 Å². The van der Waals surface area contributed by atoms with Crippen LogP contribution in [-0.4, -0.2) is 28.4 Å². The molecule has 0 fully saturated rings. The van der Waals surface area contributed by atoms with Gasteiger partial charge in [-0.2, -0.15) is 0 Å². The van der Waals surface area contributed by atoms with E-state index in [1.54, 1.807) is 30.0 Å². The van der Waals surface area contributed by atoms with Crippen LogP contribution in [0.4, 0.5) is 5.69 Å². The van der Waals surface area contributed by atoms with Gasteiger partial charge in [-0.15, -0.1) is 10.2 Å². The van der Waals surface area contributed by atoms with Crippen LogP contribution in [0.2, 0.25) is 0 Å². The first-order valence-corrected chi connectivity index (χ1v) is 12.8. The van der Waals surface area contributed by atoms with E-state index < -0.39 is 10.0 Å². The summed E-state index contributed by atoms with van der Waals surface area (Å²) < 4.78 is 31.1. The molecule has 2 heterocycles. The standard InChI is InChI=1S/C24H20N4O2S2/c1-15-14-28-23(25-26-24(28)31-15)17-6-4-7-19(12-17)27-32(29,30)20-9-10-22-18(13-20)11-16-5-2-3-8-21(16)22/h2-10,12-13,15,27H,11,14H2,1H3/t15-/m1/s1. The highest BCUT2D eigenvalue weighted by Crippen LogP contribution is 2.38. The maximum atomic E-state index is 13.2. The van der Waals surface area contributed by atoms with E-state index in [0.29, 0.717) is 10.9 Å². The van der Waals surface area contributed by atoms with Crippen molar-refractivity contribution < 1.29 is 8.42 Å². The normalized spacial score (nSPS) is 16.5. The number of fused-ring (bicyclic) bond motifs is 4. The summed E-state index contributed by atoms with van der Waals surface area (Å²) in [5, 5.41) is 9.93. The van der Waals surface area contributed by atoms with Crippen LogP contribution in [0.15, 0.2) is 76.8 Å². The largest absolute Gasteiger partial charge is 0.301 e. The van der Waals surface area contributed by atoms with Crippen LogP contribution in [0.3, 0.4) is 0 Å². The van der Waals surface area contributed by atoms with Crippen LogP contribution in [-0.2, 0) is 23.0 Å². The van der Waals surface area contributed by atoms with E-state index in [2.05, 4.69) is 38.5 Å². The molecule has 0 spiro atoms. The van der Waals surface area contributed by atoms with Gasteiger partial charge in [0.15, 0.2) is 11.0 Å². The zero-order valence-electron chi connectivity index (χ0n) is 17.3. The molecule has 0 saturated heterocycles. The number of hydrogen-bond acceptors (Lipinski definition) is 5. The van der Waals surface area contributed by atoms with Crippen LogP contribution >= 0.6 is 11.8 Å². The Kier molecular flexibility index (Phi) is 4.41. The van der Waals surface area contributed by atoms with Gasteiger partial charge in [0.2, 0.25) is 0 Å². The van der Waals surface area contributed by atoms with Crippen LogP contribution < -0.4 is 4.72 Å². The van der Waals surface area contributed by atoms with E-state index in [-0.39, 0.29) is 4.90 Å². The molecule has 1 N–H and O–H groups in total. The number of benzene rings is 3. The fourth-order valence-electron chi connectivity index (χ4n) is 4.45. The number of anilines is 1. The predicted octanol–water partition coefficient (Wildman–Crippen LogP) is 4.81. The molecular formula is C24H20N4O2S2. The van der Waals surface area contributed by atoms with E-state index in [1.807, 2.05) is 36.4 Å². The number of nitrogens with one attached hydrogen (secondary N) is 1. The number of thioether (sulfide) groups is 1. The number of rotatable bonds is 4. The van der Waals surface area contributed by atoms with Gasteiger partial charge in [-0.05, 0) is 52.9 Å². The summed E-state index contributed by atoms with van der Waals surface area (Å²) in [4.78, 5) is 0.267. The van der Waals surface area contributed by atoms with Crippen molar-refractivity contribution in [3.63, 3.8) is 0 Å². The molecule has 0 bridgehead atoms. The van der Waals surface area contributed by atoms with Crippen LogP contribution in [0.25, 0.3) is 22.5 Å². The molecule has 0 unspecified atom stereocenters. The topological polar surface area (TPSA) is 76.9 Å². The lowest BCUT2D eigenvalue weighted by Crippen LogP contribution is -2.13. The Morgan fingerprint density at radius 2 is 1.81 bits per heavy atom. The highest BCUT2D eigenvalue weighted by molar-refractivity contribution is 7.99. The lowest BCUT2D eigenvalue weighted by Gasteiger charge is -2.11. The Morgan fingerprint density at radius 3 is 2.72 bits per heavy atom. The Hall–Kier alpha value is -3.10. The average molecular weight is 461 g/mol. The lowest BCUT2D eigenvalue weighted by atomic mass is 10.1. The van der Waals surface area contributed by atoms with Gasteiger partial charge in [0.1, 0.15) is 0 Å². The van der Waals surface area contributed by atoms with E-state index in [1.165, 1.54) is 11.1 Å². The van der Waals surface area contributed by atoms with Gasteiger partial charge in [0.05, 0.1) is 4.90 Å². The lowest BCUT2D eigenvalue weighted by molar-refractivity contribution is 0.601. The summed E-state index contributed by atoms with van der Waals surface area (Å²) in [5.41, 5.74) is 5.89. The molecule has 6 nitrogen and oxygen atoms in total. The van der Waals surface area contributed by atoms with E-state index >= 15 is 0 Å². The van der Waals surface area contributed by atoms with Crippen molar-refractivity contribution >= 4 is 27.5 Å². The van der Waals surface area contributed by atoms with Crippen molar-refractivity contribution in [1.82, 2.24) is 14.8 Å². The highest BCUT2D eigenvalue weighted by atomic mass is 32.2. The van der Waals surface area contributed by atoms with E-state index in [0.717, 1.165) is 40.6 Å². The van der Waals surface area contributed by atoms with Crippen LogP contribution in [0.1, 0.15) is 18.1 Å². The average Bonchev–Trinajstić information content (AvgIpc) is 3.44. The summed E-state index contributed by atoms with van der Waals surface area (Å²) >= 11 is 1.70. The molecule has 3 aromatic carbocycles. The molecular weight excluding hydrogens is 440 g/mol. The second-order valence-electron chi connectivity index (χ2n) is 8.18. The third-order valence-electron chi connectivity index (χ3n) is 5.91. The summed E-state index contributed by atoms with van der Waals surface area (Å²) in [6.07, 6.45) is 0.749. The van der Waals surface area contributed by atoms with Gasteiger partial charge in [-0.1, -0.05) is 61.2 Å². The minimum Gasteiger partial charge on any atom is -0.301 e. The fraction of sp³-hybridized carbons (Fsp3) is 0.167. The maximum absolute atomic E-state index is 13.2. The quantitative estimate of drug-likeness (QED) is 0.416. The molecule has 1 atom stereocenters. The van der Waals surface area contributed by atoms with E-state index in [9.17, 15) is 8.42 Å². The molecule has 0 saturated carbocycles. The van der Waals surface area contributed by atoms with Crippen molar-refractivity contribution in [2.45, 2.75) is 35.2 Å². The zero-order valence-corrected chi connectivity index (χ0v) is 19.0. The Bertz CT molecular complexity index is 1480. The monoisotopic (exact) mass is 460 g/mol. The Balaban J connectivity index is 1.30. The molecule has 2 aliphatic rings. The molecule has 8 heteroatoms. The van der Waals surface area contributed by atoms with Gasteiger partial charge >= 0.3 is 0 Å². The SMILES string of the molecule is C[C@@H]1Cn2c(nnc2-c2cccc(NS(=O)(=O)c3ccc4c(c3)Cc3ccccc3-4)c2)S1. The Labute approximate surface area is 190 Å². The molecule has 160 valence electrons. The first-order chi connectivity index (χ1) is 15.5. The Morgan fingerprint density at radius 1 is 0.969 bits per heavy atom. The first-order valence-electron chi connectivity index (χ1n) is 10.4. The van der Waals surface area contributed by atoms with Gasteiger partial charge in [0.25, 0.3) is 10.0 Å². The van der Waals surface area contributed by atoms with Crippen molar-refractivity contribution in [2.24, 2.45) is 0 Å². The molecule has 4 aromatic rings. The summed E-state index contributed by atoms with van der Waals surface area (Å²) in [5.74, 6) is 0.758. The minimum atomic E-state index is -3.73. The summed E-state index contributed by atoms with van der Waals surface area (Å²) in [6, 6.07) is 20.9. The molecule has 32 heavy (non-hydrogen) atoms. The molecule has 0 amide bonds. The minimum absolute atomic E-state index is 0.267. The molecule has 0 radical (unpaired) electrons. The smallest absolute Gasteiger partial charge is 0.261 e. The molecule has 1 aliphatic carbocycles. The third-order valence-corrected chi connectivity index (χ3v) is 8.35. The zero-order chi connectivity index (χ0) is 21.9. The van der Waals surface area contributed by atoms with Gasteiger partial charge in [-0.25, -0.2) is 8.42 Å².